The molecule has 2 heteroatoms. The first-order valence-electron chi connectivity index (χ1n) is 7.82. The highest BCUT2D eigenvalue weighted by molar-refractivity contribution is 5.40. The van der Waals surface area contributed by atoms with Crippen LogP contribution in [0.25, 0.3) is 0 Å². The molecule has 1 heterocycles. The Bertz CT molecular complexity index is 637. The van der Waals surface area contributed by atoms with Gasteiger partial charge in [-0.2, -0.15) is 0 Å². The molecule has 0 spiro atoms. The lowest BCUT2D eigenvalue weighted by molar-refractivity contribution is 0.486. The van der Waals surface area contributed by atoms with E-state index in [9.17, 15) is 0 Å². The van der Waals surface area contributed by atoms with Crippen LogP contribution in [0.15, 0.2) is 30.3 Å². The van der Waals surface area contributed by atoms with Crippen molar-refractivity contribution in [2.45, 2.75) is 46.1 Å². The summed E-state index contributed by atoms with van der Waals surface area (Å²) < 4.78 is 0. The van der Waals surface area contributed by atoms with Crippen LogP contribution in [0.3, 0.4) is 0 Å². The number of hydrogen-bond acceptors (Lipinski definition) is 2. The van der Waals surface area contributed by atoms with E-state index in [0.717, 1.165) is 17.9 Å². The largest absolute Gasteiger partial charge is 0.309 e. The molecule has 2 atom stereocenters. The van der Waals surface area contributed by atoms with Crippen LogP contribution in [0, 0.1) is 20.8 Å². The van der Waals surface area contributed by atoms with Crippen molar-refractivity contribution >= 4 is 0 Å². The lowest BCUT2D eigenvalue weighted by atomic mass is 9.77. The van der Waals surface area contributed by atoms with E-state index in [4.69, 9.17) is 0 Å². The number of benzene rings is 1. The summed E-state index contributed by atoms with van der Waals surface area (Å²) in [6, 6.07) is 11.3. The molecule has 21 heavy (non-hydrogen) atoms. The number of nitrogens with zero attached hydrogens (tertiary/aromatic N) is 1. The first-order chi connectivity index (χ1) is 10.1. The van der Waals surface area contributed by atoms with Gasteiger partial charge in [-0.15, -0.1) is 0 Å². The van der Waals surface area contributed by atoms with Crippen LogP contribution in [0.4, 0.5) is 0 Å². The Hall–Kier alpha value is -1.67. The molecule has 1 aromatic carbocycles. The number of fused-ring (bicyclic) bond motifs is 1. The number of hydrogen-bond donors (Lipinski definition) is 1. The molecule has 0 aliphatic heterocycles. The first kappa shape index (κ1) is 14.3. The zero-order valence-corrected chi connectivity index (χ0v) is 13.4. The molecule has 2 nitrogen and oxygen atoms in total. The van der Waals surface area contributed by atoms with Crippen molar-refractivity contribution < 1.29 is 0 Å². The van der Waals surface area contributed by atoms with Crippen molar-refractivity contribution in [2.24, 2.45) is 0 Å². The number of rotatable bonds is 4. The van der Waals surface area contributed by atoms with Gasteiger partial charge in [0.2, 0.25) is 0 Å². The Morgan fingerprint density at radius 2 is 2.00 bits per heavy atom. The van der Waals surface area contributed by atoms with Gasteiger partial charge in [0.25, 0.3) is 0 Å². The molecule has 1 N–H and O–H groups in total. The highest BCUT2D eigenvalue weighted by Gasteiger charge is 2.25. The lowest BCUT2D eigenvalue weighted by Gasteiger charge is -2.31. The fraction of sp³-hybridized carbons (Fsp3) is 0.421. The predicted octanol–water partition coefficient (Wildman–Crippen LogP) is 4.00. The van der Waals surface area contributed by atoms with Gasteiger partial charge in [0.1, 0.15) is 0 Å². The summed E-state index contributed by atoms with van der Waals surface area (Å²) in [5.74, 6) is 0.669. The second-order valence-corrected chi connectivity index (χ2v) is 6.31. The van der Waals surface area contributed by atoms with E-state index >= 15 is 0 Å². The van der Waals surface area contributed by atoms with E-state index < -0.39 is 0 Å². The van der Waals surface area contributed by atoms with Crippen molar-refractivity contribution in [3.63, 3.8) is 0 Å². The zero-order valence-electron chi connectivity index (χ0n) is 13.4. The van der Waals surface area contributed by atoms with Gasteiger partial charge >= 0.3 is 0 Å². The molecule has 2 aromatic rings. The molecule has 110 valence electrons. The van der Waals surface area contributed by atoms with E-state index in [1.54, 1.807) is 0 Å². The van der Waals surface area contributed by atoms with E-state index in [0.29, 0.717) is 12.0 Å². The molecule has 0 saturated heterocycles. The summed E-state index contributed by atoms with van der Waals surface area (Å²) >= 11 is 0. The summed E-state index contributed by atoms with van der Waals surface area (Å²) in [6.07, 6.45) is 1.21. The molecule has 0 bridgehead atoms. The first-order valence-corrected chi connectivity index (χ1v) is 7.82. The summed E-state index contributed by atoms with van der Waals surface area (Å²) in [6.45, 7) is 9.66. The van der Waals surface area contributed by atoms with Crippen molar-refractivity contribution in [3.8, 4) is 0 Å². The van der Waals surface area contributed by atoms with Gasteiger partial charge in [0, 0.05) is 29.9 Å². The topological polar surface area (TPSA) is 24.9 Å². The predicted molar refractivity (Wildman–Crippen MR) is 87.8 cm³/mol. The Morgan fingerprint density at radius 3 is 2.71 bits per heavy atom. The fourth-order valence-electron chi connectivity index (χ4n) is 3.65. The van der Waals surface area contributed by atoms with Crippen LogP contribution in [0.2, 0.25) is 0 Å². The maximum atomic E-state index is 4.61. The van der Waals surface area contributed by atoms with Crippen LogP contribution in [0.1, 0.15) is 52.5 Å². The summed E-state index contributed by atoms with van der Waals surface area (Å²) in [4.78, 5) is 4.61. The third kappa shape index (κ3) is 2.73. The van der Waals surface area contributed by atoms with Crippen molar-refractivity contribution in [3.05, 3.63) is 64.0 Å². The van der Waals surface area contributed by atoms with E-state index in [-0.39, 0.29) is 0 Å². The minimum absolute atomic E-state index is 0.353. The highest BCUT2D eigenvalue weighted by Crippen LogP contribution is 2.34. The molecule has 3 rings (SSSR count). The summed E-state index contributed by atoms with van der Waals surface area (Å²) in [5, 5.41) is 3.70. The second-order valence-electron chi connectivity index (χ2n) is 6.31. The van der Waals surface area contributed by atoms with Gasteiger partial charge in [-0.1, -0.05) is 24.3 Å². The Labute approximate surface area is 127 Å². The third-order valence-corrected chi connectivity index (χ3v) is 4.65. The van der Waals surface area contributed by atoms with Crippen LogP contribution in [0.5, 0.6) is 0 Å². The van der Waals surface area contributed by atoms with Crippen molar-refractivity contribution in [1.29, 1.82) is 0 Å². The molecule has 0 radical (unpaired) electrons. The molecule has 0 fully saturated rings. The molecule has 0 amide bonds. The second kappa shape index (κ2) is 5.61. The van der Waals surface area contributed by atoms with Gasteiger partial charge in [-0.25, -0.2) is 0 Å². The van der Waals surface area contributed by atoms with Crippen molar-refractivity contribution in [1.82, 2.24) is 10.3 Å². The maximum absolute atomic E-state index is 4.61. The minimum atomic E-state index is 0.353. The lowest BCUT2D eigenvalue weighted by Crippen LogP contribution is -2.31. The van der Waals surface area contributed by atoms with Gasteiger partial charge in [0.05, 0.1) is 0 Å². The van der Waals surface area contributed by atoms with E-state index in [1.807, 2.05) is 0 Å². The molecule has 1 aliphatic carbocycles. The van der Waals surface area contributed by atoms with Crippen LogP contribution < -0.4 is 5.32 Å². The van der Waals surface area contributed by atoms with E-state index in [2.05, 4.69) is 68.3 Å². The molecule has 0 saturated carbocycles. The van der Waals surface area contributed by atoms with Gasteiger partial charge < -0.3 is 5.32 Å². The Kier molecular flexibility index (Phi) is 3.81. The molecule has 1 aromatic heterocycles. The summed E-state index contributed by atoms with van der Waals surface area (Å²) in [7, 11) is 0. The number of aryl methyl sites for hydroxylation is 3. The SMILES string of the molecule is Cc1cc(C)c(C(C)NCC2Cc3ccccc32)c(C)n1. The van der Waals surface area contributed by atoms with Gasteiger partial charge in [0.15, 0.2) is 0 Å². The zero-order chi connectivity index (χ0) is 15.0. The number of pyridine rings is 1. The Balaban J connectivity index is 1.67. The average molecular weight is 280 g/mol. The van der Waals surface area contributed by atoms with Crippen LogP contribution in [-0.2, 0) is 6.42 Å². The van der Waals surface area contributed by atoms with Gasteiger partial charge in [-0.3, -0.25) is 4.98 Å². The highest BCUT2D eigenvalue weighted by atomic mass is 14.9. The standard InChI is InChI=1S/C19H24N2/c1-12-9-13(2)21-15(4)19(12)14(3)20-11-17-10-16-7-5-6-8-18(16)17/h5-9,14,17,20H,10-11H2,1-4H3. The monoisotopic (exact) mass is 280 g/mol. The smallest absolute Gasteiger partial charge is 0.0426 e. The number of nitrogens with one attached hydrogen (secondary N) is 1. The molecular weight excluding hydrogens is 256 g/mol. The average Bonchev–Trinajstić information content (AvgIpc) is 2.38. The maximum Gasteiger partial charge on any atom is 0.0426 e. The van der Waals surface area contributed by atoms with Crippen LogP contribution >= 0.6 is 0 Å². The molecular formula is C19H24N2. The van der Waals surface area contributed by atoms with E-state index in [1.165, 1.54) is 28.7 Å². The third-order valence-electron chi connectivity index (χ3n) is 4.65. The molecule has 2 unspecified atom stereocenters. The fourth-order valence-corrected chi connectivity index (χ4v) is 3.65. The normalized spacial score (nSPS) is 18.0. The quantitative estimate of drug-likeness (QED) is 0.915. The van der Waals surface area contributed by atoms with Crippen LogP contribution in [-0.4, -0.2) is 11.5 Å². The van der Waals surface area contributed by atoms with Gasteiger partial charge in [-0.05, 0) is 62.4 Å². The summed E-state index contributed by atoms with van der Waals surface area (Å²) in [5.41, 5.74) is 7.99. The minimum Gasteiger partial charge on any atom is -0.309 e. The van der Waals surface area contributed by atoms with Crippen molar-refractivity contribution in [2.75, 3.05) is 6.54 Å². The molecule has 1 aliphatic rings. The Morgan fingerprint density at radius 1 is 1.24 bits per heavy atom. The number of aromatic nitrogens is 1.